The van der Waals surface area contributed by atoms with Gasteiger partial charge in [0.1, 0.15) is 0 Å². The van der Waals surface area contributed by atoms with E-state index in [1.165, 1.54) is 18.4 Å². The van der Waals surface area contributed by atoms with Crippen molar-refractivity contribution < 1.29 is 14.3 Å². The molecule has 8 heteroatoms. The first-order valence-electron chi connectivity index (χ1n) is 11.7. The Bertz CT molecular complexity index is 908. The molecule has 6 N–H and O–H groups in total. The molecule has 0 spiro atoms. The minimum Gasteiger partial charge on any atom is -0.493 e. The van der Waals surface area contributed by atoms with Crippen LogP contribution >= 0.6 is 0 Å². The lowest BCUT2D eigenvalue weighted by Gasteiger charge is -2.36. The molecule has 0 aromatic heterocycles. The van der Waals surface area contributed by atoms with Gasteiger partial charge in [-0.25, -0.2) is 0 Å². The Balaban J connectivity index is 0.000000439. The van der Waals surface area contributed by atoms with Crippen LogP contribution in [0.1, 0.15) is 37.7 Å². The molecular weight excluding hydrogens is 430 g/mol. The highest BCUT2D eigenvalue weighted by Crippen LogP contribution is 2.35. The number of carbonyl (C=O) groups is 1. The van der Waals surface area contributed by atoms with Crippen LogP contribution in [0.15, 0.2) is 48.5 Å². The number of ether oxygens (including phenoxy) is 2. The second-order valence-electron chi connectivity index (χ2n) is 8.58. The van der Waals surface area contributed by atoms with Gasteiger partial charge in [0, 0.05) is 37.9 Å². The van der Waals surface area contributed by atoms with E-state index in [-0.39, 0.29) is 30.4 Å². The normalized spacial score (nSPS) is 15.6. The number of nitrogens with one attached hydrogen (secondary N) is 1. The molecule has 1 saturated heterocycles. The van der Waals surface area contributed by atoms with Crippen LogP contribution < -0.4 is 26.3 Å². The Labute approximate surface area is 203 Å². The van der Waals surface area contributed by atoms with Crippen molar-refractivity contribution in [3.8, 4) is 11.5 Å². The molecule has 1 aliphatic carbocycles. The Morgan fingerprint density at radius 3 is 2.21 bits per heavy atom. The molecule has 2 fully saturated rings. The lowest BCUT2D eigenvalue weighted by molar-refractivity contribution is -0.130. The number of amidine groups is 1. The first-order chi connectivity index (χ1) is 16.0. The summed E-state index contributed by atoms with van der Waals surface area (Å²) in [5.41, 5.74) is 7.73. The van der Waals surface area contributed by atoms with Gasteiger partial charge in [-0.2, -0.15) is 0 Å². The average Bonchev–Trinajstić information content (AvgIpc) is 3.33. The van der Waals surface area contributed by atoms with Crippen molar-refractivity contribution in [2.45, 2.75) is 45.1 Å². The second kappa shape index (κ2) is 13.4. The van der Waals surface area contributed by atoms with Crippen LogP contribution in [0.4, 0.5) is 5.69 Å². The zero-order valence-corrected chi connectivity index (χ0v) is 20.5. The number of nitrogens with zero attached hydrogens (tertiary/aromatic N) is 2. The molecule has 0 atom stereocenters. The summed E-state index contributed by atoms with van der Waals surface area (Å²) in [6, 6.07) is 16.3. The summed E-state index contributed by atoms with van der Waals surface area (Å²) in [5, 5.41) is 7.27. The van der Waals surface area contributed by atoms with E-state index in [1.807, 2.05) is 36.4 Å². The van der Waals surface area contributed by atoms with Gasteiger partial charge in [-0.15, -0.1) is 0 Å². The van der Waals surface area contributed by atoms with Crippen molar-refractivity contribution in [2.24, 2.45) is 5.73 Å². The average molecular weight is 470 g/mol. The maximum atomic E-state index is 12.0. The number of nitrogens with two attached hydrogens (primary N) is 1. The Morgan fingerprint density at radius 2 is 1.68 bits per heavy atom. The maximum absolute atomic E-state index is 12.0. The number of carbonyl (C=O) groups excluding carboxylic acids is 1. The van der Waals surface area contributed by atoms with E-state index >= 15 is 0 Å². The highest BCUT2D eigenvalue weighted by Gasteiger charge is 2.23. The molecule has 186 valence electrons. The van der Waals surface area contributed by atoms with E-state index in [0.717, 1.165) is 43.1 Å². The standard InChI is InChI=1S/C19H28N4O3.C7H8.H3N/c1-25-16-7-6-14(12-17(16)26-15-4-2-3-5-15)22-8-10-23(11-9-22)19(24)13-18(20)21;1-7-5-3-2-4-6-7;/h6-7,12,15H,2-5,8-11,13H2,1H3,(H3,20,21);2-6H,1H3;1H3. The molecule has 2 aromatic carbocycles. The van der Waals surface area contributed by atoms with Gasteiger partial charge >= 0.3 is 0 Å². The number of methoxy groups -OCH3 is 1. The molecule has 34 heavy (non-hydrogen) atoms. The molecule has 4 rings (SSSR count). The van der Waals surface area contributed by atoms with E-state index < -0.39 is 0 Å². The maximum Gasteiger partial charge on any atom is 0.230 e. The molecule has 2 aromatic rings. The van der Waals surface area contributed by atoms with Crippen LogP contribution in [-0.2, 0) is 4.79 Å². The minimum absolute atomic E-state index is 0. The zero-order valence-electron chi connectivity index (χ0n) is 20.5. The van der Waals surface area contributed by atoms with Gasteiger partial charge in [0.15, 0.2) is 11.5 Å². The highest BCUT2D eigenvalue weighted by atomic mass is 16.5. The number of aryl methyl sites for hydroxylation is 1. The first kappa shape index (κ1) is 27.0. The lowest BCUT2D eigenvalue weighted by atomic mass is 10.2. The SMILES string of the molecule is COc1ccc(N2CCN(C(=O)CC(=N)N)CC2)cc1OC1CCCC1.Cc1ccccc1.N. The van der Waals surface area contributed by atoms with Crippen molar-refractivity contribution in [3.63, 3.8) is 0 Å². The van der Waals surface area contributed by atoms with Crippen molar-refractivity contribution in [3.05, 3.63) is 54.1 Å². The number of amides is 1. The number of piperazine rings is 1. The fraction of sp³-hybridized carbons (Fsp3) is 0.462. The highest BCUT2D eigenvalue weighted by molar-refractivity contribution is 5.97. The zero-order chi connectivity index (χ0) is 23.6. The topological polar surface area (TPSA) is 127 Å². The first-order valence-corrected chi connectivity index (χ1v) is 11.7. The molecular formula is C26H39N5O3. The summed E-state index contributed by atoms with van der Waals surface area (Å²) in [7, 11) is 1.66. The van der Waals surface area contributed by atoms with E-state index in [0.29, 0.717) is 13.1 Å². The molecule has 0 radical (unpaired) electrons. The summed E-state index contributed by atoms with van der Waals surface area (Å²) in [6.07, 6.45) is 4.93. The van der Waals surface area contributed by atoms with E-state index in [9.17, 15) is 4.79 Å². The van der Waals surface area contributed by atoms with Gasteiger partial charge < -0.3 is 31.2 Å². The van der Waals surface area contributed by atoms with Crippen LogP contribution in [0.2, 0.25) is 0 Å². The predicted molar refractivity (Wildman–Crippen MR) is 137 cm³/mol. The summed E-state index contributed by atoms with van der Waals surface area (Å²) >= 11 is 0. The summed E-state index contributed by atoms with van der Waals surface area (Å²) in [5.74, 6) is 1.40. The van der Waals surface area contributed by atoms with Crippen LogP contribution in [0.3, 0.4) is 0 Å². The number of benzene rings is 2. The molecule has 0 unspecified atom stereocenters. The van der Waals surface area contributed by atoms with Crippen molar-refractivity contribution in [1.82, 2.24) is 11.1 Å². The van der Waals surface area contributed by atoms with Gasteiger partial charge in [0.05, 0.1) is 25.5 Å². The van der Waals surface area contributed by atoms with Crippen molar-refractivity contribution >= 4 is 17.4 Å². The molecule has 1 aliphatic heterocycles. The van der Waals surface area contributed by atoms with Gasteiger partial charge in [-0.3, -0.25) is 10.2 Å². The van der Waals surface area contributed by atoms with E-state index in [2.05, 4.69) is 24.0 Å². The third-order valence-corrected chi connectivity index (χ3v) is 6.02. The fourth-order valence-corrected chi connectivity index (χ4v) is 4.16. The third-order valence-electron chi connectivity index (χ3n) is 6.02. The summed E-state index contributed by atoms with van der Waals surface area (Å²) in [6.45, 7) is 4.85. The van der Waals surface area contributed by atoms with Crippen LogP contribution in [0.25, 0.3) is 0 Å². The van der Waals surface area contributed by atoms with Gasteiger partial charge in [0.25, 0.3) is 0 Å². The monoisotopic (exact) mass is 469 g/mol. The number of hydrogen-bond donors (Lipinski definition) is 3. The van der Waals surface area contributed by atoms with E-state index in [1.54, 1.807) is 12.0 Å². The molecule has 8 nitrogen and oxygen atoms in total. The number of rotatable bonds is 6. The van der Waals surface area contributed by atoms with Gasteiger partial charge in [0.2, 0.25) is 5.91 Å². The third kappa shape index (κ3) is 7.95. The molecule has 1 amide bonds. The predicted octanol–water partition coefficient (Wildman–Crippen LogP) is 4.15. The van der Waals surface area contributed by atoms with Gasteiger partial charge in [-0.05, 0) is 44.7 Å². The Morgan fingerprint density at radius 1 is 1.03 bits per heavy atom. The van der Waals surface area contributed by atoms with Crippen molar-refractivity contribution in [1.29, 1.82) is 5.41 Å². The summed E-state index contributed by atoms with van der Waals surface area (Å²) < 4.78 is 11.6. The molecule has 2 aliphatic rings. The van der Waals surface area contributed by atoms with E-state index in [4.69, 9.17) is 20.6 Å². The molecule has 1 heterocycles. The minimum atomic E-state index is -0.0821. The molecule has 0 bridgehead atoms. The molecule has 1 saturated carbocycles. The van der Waals surface area contributed by atoms with Crippen LogP contribution in [0, 0.1) is 12.3 Å². The smallest absolute Gasteiger partial charge is 0.230 e. The Kier molecular flexibility index (Phi) is 10.7. The fourth-order valence-electron chi connectivity index (χ4n) is 4.16. The Hall–Kier alpha value is -3.26. The largest absolute Gasteiger partial charge is 0.493 e. The van der Waals surface area contributed by atoms with Crippen molar-refractivity contribution in [2.75, 3.05) is 38.2 Å². The van der Waals surface area contributed by atoms with Gasteiger partial charge in [-0.1, -0.05) is 35.9 Å². The lowest BCUT2D eigenvalue weighted by Crippen LogP contribution is -2.49. The summed E-state index contributed by atoms with van der Waals surface area (Å²) in [4.78, 5) is 16.1. The quantitative estimate of drug-likeness (QED) is 0.431. The second-order valence-corrected chi connectivity index (χ2v) is 8.58. The van der Waals surface area contributed by atoms with Crippen LogP contribution in [-0.4, -0.2) is 56.0 Å². The number of anilines is 1. The number of hydrogen-bond acceptors (Lipinski definition) is 6. The van der Waals surface area contributed by atoms with Crippen LogP contribution in [0.5, 0.6) is 11.5 Å².